The van der Waals surface area contributed by atoms with E-state index in [-0.39, 0.29) is 17.9 Å². The van der Waals surface area contributed by atoms with E-state index >= 15 is 0 Å². The smallest absolute Gasteiger partial charge is 0.321 e. The fourth-order valence-electron chi connectivity index (χ4n) is 3.48. The highest BCUT2D eigenvalue weighted by Gasteiger charge is 2.37. The highest BCUT2D eigenvalue weighted by molar-refractivity contribution is 5.89. The van der Waals surface area contributed by atoms with Crippen LogP contribution < -0.4 is 5.32 Å². The number of pyridine rings is 1. The zero-order valence-electron chi connectivity index (χ0n) is 16.2. The van der Waals surface area contributed by atoms with Crippen molar-refractivity contribution in [3.05, 3.63) is 59.7 Å². The van der Waals surface area contributed by atoms with E-state index in [1.165, 1.54) is 5.56 Å². The Kier molecular flexibility index (Phi) is 4.81. The number of rotatable bonds is 3. The van der Waals surface area contributed by atoms with Gasteiger partial charge in [-0.05, 0) is 55.2 Å². The van der Waals surface area contributed by atoms with E-state index in [4.69, 9.17) is 4.52 Å². The number of amides is 2. The molecular formula is C21H23N5O2. The summed E-state index contributed by atoms with van der Waals surface area (Å²) in [5.74, 6) is 1.37. The van der Waals surface area contributed by atoms with Gasteiger partial charge in [-0.1, -0.05) is 18.1 Å². The molecule has 0 aliphatic carbocycles. The Morgan fingerprint density at radius 3 is 2.68 bits per heavy atom. The van der Waals surface area contributed by atoms with Gasteiger partial charge in [0, 0.05) is 36.7 Å². The summed E-state index contributed by atoms with van der Waals surface area (Å²) in [6.45, 7) is 7.39. The number of likely N-dealkylation sites (tertiary alicyclic amines) is 1. The van der Waals surface area contributed by atoms with Crippen molar-refractivity contribution in [2.24, 2.45) is 5.92 Å². The topological polar surface area (TPSA) is 84.2 Å². The molecule has 0 radical (unpaired) electrons. The van der Waals surface area contributed by atoms with Gasteiger partial charge in [-0.2, -0.15) is 4.98 Å². The van der Waals surface area contributed by atoms with E-state index in [0.717, 1.165) is 16.8 Å². The number of carbonyl (C=O) groups excluding carboxylic acids is 1. The summed E-state index contributed by atoms with van der Waals surface area (Å²) in [6, 6.07) is 9.51. The molecule has 7 heteroatoms. The molecule has 1 aliphatic heterocycles. The number of carbonyl (C=O) groups is 1. The molecule has 1 saturated heterocycles. The van der Waals surface area contributed by atoms with Crippen molar-refractivity contribution in [1.82, 2.24) is 20.0 Å². The quantitative estimate of drug-likeness (QED) is 0.745. The Morgan fingerprint density at radius 2 is 1.93 bits per heavy atom. The van der Waals surface area contributed by atoms with Crippen LogP contribution in [0.5, 0.6) is 0 Å². The van der Waals surface area contributed by atoms with Crippen LogP contribution in [-0.2, 0) is 0 Å². The second-order valence-corrected chi connectivity index (χ2v) is 7.41. The number of nitrogens with zero attached hydrogens (tertiary/aromatic N) is 4. The summed E-state index contributed by atoms with van der Waals surface area (Å²) in [5.41, 5.74) is 4.02. The maximum Gasteiger partial charge on any atom is 0.321 e. The van der Waals surface area contributed by atoms with Crippen LogP contribution in [0, 0.1) is 19.8 Å². The number of hydrogen-bond acceptors (Lipinski definition) is 5. The first-order chi connectivity index (χ1) is 13.5. The molecule has 1 N–H and O–H groups in total. The van der Waals surface area contributed by atoms with Crippen LogP contribution in [0.2, 0.25) is 0 Å². The minimum atomic E-state index is -0.105. The van der Waals surface area contributed by atoms with Gasteiger partial charge >= 0.3 is 6.03 Å². The van der Waals surface area contributed by atoms with Crippen LogP contribution >= 0.6 is 0 Å². The second kappa shape index (κ2) is 7.42. The zero-order valence-corrected chi connectivity index (χ0v) is 16.2. The Balaban J connectivity index is 1.45. The molecule has 0 spiro atoms. The van der Waals surface area contributed by atoms with Crippen LogP contribution in [0.25, 0.3) is 11.4 Å². The molecule has 4 rings (SSSR count). The first-order valence-corrected chi connectivity index (χ1v) is 9.38. The molecule has 3 heterocycles. The maximum atomic E-state index is 12.7. The first kappa shape index (κ1) is 18.2. The molecule has 3 aromatic rings. The summed E-state index contributed by atoms with van der Waals surface area (Å²) in [4.78, 5) is 23.1. The summed E-state index contributed by atoms with van der Waals surface area (Å²) in [7, 11) is 0. The molecule has 28 heavy (non-hydrogen) atoms. The van der Waals surface area contributed by atoms with E-state index < -0.39 is 0 Å². The summed E-state index contributed by atoms with van der Waals surface area (Å²) < 4.78 is 5.51. The molecule has 144 valence electrons. The predicted molar refractivity (Wildman–Crippen MR) is 106 cm³/mol. The molecular weight excluding hydrogens is 354 g/mol. The number of hydrogen-bond donors (Lipinski definition) is 1. The van der Waals surface area contributed by atoms with Gasteiger partial charge in [-0.15, -0.1) is 0 Å². The van der Waals surface area contributed by atoms with Gasteiger partial charge < -0.3 is 14.7 Å². The molecule has 2 unspecified atom stereocenters. The van der Waals surface area contributed by atoms with Gasteiger partial charge in [0.05, 0.1) is 5.92 Å². The predicted octanol–water partition coefficient (Wildman–Crippen LogP) is 4.02. The molecule has 2 atom stereocenters. The number of urea groups is 1. The molecule has 0 saturated carbocycles. The molecule has 1 aromatic carbocycles. The lowest BCUT2D eigenvalue weighted by molar-refractivity contribution is 0.220. The Labute approximate surface area is 163 Å². The van der Waals surface area contributed by atoms with Crippen molar-refractivity contribution < 1.29 is 9.32 Å². The summed E-state index contributed by atoms with van der Waals surface area (Å²) >= 11 is 0. The Morgan fingerprint density at radius 1 is 1.14 bits per heavy atom. The van der Waals surface area contributed by atoms with Gasteiger partial charge in [0.2, 0.25) is 11.7 Å². The van der Waals surface area contributed by atoms with Crippen molar-refractivity contribution in [1.29, 1.82) is 0 Å². The van der Waals surface area contributed by atoms with Crippen molar-refractivity contribution in [2.75, 3.05) is 18.4 Å². The second-order valence-electron chi connectivity index (χ2n) is 7.41. The highest BCUT2D eigenvalue weighted by atomic mass is 16.5. The van der Waals surface area contributed by atoms with Crippen molar-refractivity contribution in [3.8, 4) is 11.4 Å². The normalized spacial score (nSPS) is 19.0. The van der Waals surface area contributed by atoms with Gasteiger partial charge in [0.15, 0.2) is 0 Å². The summed E-state index contributed by atoms with van der Waals surface area (Å²) in [6.07, 6.45) is 3.39. The zero-order chi connectivity index (χ0) is 19.7. The third-order valence-corrected chi connectivity index (χ3v) is 5.36. The third kappa shape index (κ3) is 3.60. The van der Waals surface area contributed by atoms with Gasteiger partial charge in [-0.3, -0.25) is 4.98 Å². The number of anilines is 1. The van der Waals surface area contributed by atoms with E-state index in [9.17, 15) is 4.79 Å². The molecule has 2 aromatic heterocycles. The number of aryl methyl sites for hydroxylation is 2. The van der Waals surface area contributed by atoms with Gasteiger partial charge in [-0.25, -0.2) is 4.79 Å². The van der Waals surface area contributed by atoms with Crippen LogP contribution in [0.15, 0.2) is 47.2 Å². The van der Waals surface area contributed by atoms with E-state index in [0.29, 0.717) is 24.8 Å². The molecule has 7 nitrogen and oxygen atoms in total. The number of aromatic nitrogens is 3. The Hall–Kier alpha value is -3.22. The fraction of sp³-hybridized carbons (Fsp3) is 0.333. The SMILES string of the molecule is Cc1ccc(NC(=O)N2CC(C)C(c3nc(-c4ccncc4)no3)C2)cc1C. The average molecular weight is 377 g/mol. The Bertz CT molecular complexity index is 985. The maximum absolute atomic E-state index is 12.7. The van der Waals surface area contributed by atoms with Gasteiger partial charge in [0.1, 0.15) is 0 Å². The number of benzene rings is 1. The molecule has 1 fully saturated rings. The number of nitrogens with one attached hydrogen (secondary N) is 1. The third-order valence-electron chi connectivity index (χ3n) is 5.36. The van der Waals surface area contributed by atoms with Crippen molar-refractivity contribution in [2.45, 2.75) is 26.7 Å². The van der Waals surface area contributed by atoms with Gasteiger partial charge in [0.25, 0.3) is 0 Å². The lowest BCUT2D eigenvalue weighted by atomic mass is 9.98. The lowest BCUT2D eigenvalue weighted by Gasteiger charge is -2.17. The average Bonchev–Trinajstić information content (AvgIpc) is 3.32. The molecule has 0 bridgehead atoms. The highest BCUT2D eigenvalue weighted by Crippen LogP contribution is 2.32. The van der Waals surface area contributed by atoms with Crippen molar-refractivity contribution >= 4 is 11.7 Å². The van der Waals surface area contributed by atoms with Crippen LogP contribution in [-0.4, -0.2) is 39.1 Å². The standard InChI is InChI=1S/C21H23N5O2/c1-13-4-5-17(10-14(13)2)23-21(27)26-11-15(3)18(12-26)20-24-19(25-28-20)16-6-8-22-9-7-16/h4-10,15,18H,11-12H2,1-3H3,(H,23,27). The minimum absolute atomic E-state index is 0.0218. The van der Waals surface area contributed by atoms with E-state index in [1.54, 1.807) is 17.3 Å². The van der Waals surface area contributed by atoms with Crippen molar-refractivity contribution in [3.63, 3.8) is 0 Å². The van der Waals surface area contributed by atoms with E-state index in [1.807, 2.05) is 37.3 Å². The minimum Gasteiger partial charge on any atom is -0.339 e. The van der Waals surface area contributed by atoms with E-state index in [2.05, 4.69) is 34.3 Å². The lowest BCUT2D eigenvalue weighted by Crippen LogP contribution is -2.33. The molecule has 1 aliphatic rings. The summed E-state index contributed by atoms with van der Waals surface area (Å²) in [5, 5.41) is 7.08. The monoisotopic (exact) mass is 377 g/mol. The molecule has 2 amide bonds. The fourth-order valence-corrected chi connectivity index (χ4v) is 3.48. The first-order valence-electron chi connectivity index (χ1n) is 9.38. The largest absolute Gasteiger partial charge is 0.339 e. The van der Waals surface area contributed by atoms with Crippen LogP contribution in [0.1, 0.15) is 29.9 Å². The van der Waals surface area contributed by atoms with Crippen LogP contribution in [0.3, 0.4) is 0 Å². The van der Waals surface area contributed by atoms with Crippen LogP contribution in [0.4, 0.5) is 10.5 Å².